The van der Waals surface area contributed by atoms with Crippen LogP contribution in [0.15, 0.2) is 88.7 Å². The number of nitrogens with zero attached hydrogens (tertiary/aromatic N) is 2. The molecule has 0 aliphatic carbocycles. The van der Waals surface area contributed by atoms with Gasteiger partial charge in [0.15, 0.2) is 0 Å². The first-order valence-corrected chi connectivity index (χ1v) is 14.7. The number of carbonyl (C=O) groups is 3. The highest BCUT2D eigenvalue weighted by molar-refractivity contribution is 8.00. The summed E-state index contributed by atoms with van der Waals surface area (Å²) >= 11 is 7.95. The molecule has 0 radical (unpaired) electrons. The van der Waals surface area contributed by atoms with E-state index in [1.807, 2.05) is 0 Å². The number of thioether (sulfide) groups is 1. The number of benzene rings is 3. The Morgan fingerprint density at radius 2 is 1.64 bits per heavy atom. The van der Waals surface area contributed by atoms with Crippen LogP contribution in [0, 0.1) is 5.92 Å². The maximum Gasteiger partial charge on any atom is 0.416 e. The maximum atomic E-state index is 13.9. The fraction of sp³-hybridized carbons (Fsp3) is 0.172. The molecular formula is C29H19ClF3N3O4S2. The molecule has 6 rings (SSSR count). The van der Waals surface area contributed by atoms with Crippen molar-refractivity contribution in [2.45, 2.75) is 28.9 Å². The zero-order valence-corrected chi connectivity index (χ0v) is 23.7. The predicted molar refractivity (Wildman–Crippen MR) is 154 cm³/mol. The van der Waals surface area contributed by atoms with Crippen LogP contribution in [0.25, 0.3) is 0 Å². The molecule has 3 unspecified atom stereocenters. The van der Waals surface area contributed by atoms with Gasteiger partial charge in [0.05, 0.1) is 22.2 Å². The Balaban J connectivity index is 1.42. The summed E-state index contributed by atoms with van der Waals surface area (Å²) in [6, 6.07) is 19.4. The van der Waals surface area contributed by atoms with Gasteiger partial charge in [0.25, 0.3) is 0 Å². The molecule has 42 heavy (non-hydrogen) atoms. The molecule has 7 nitrogen and oxygen atoms in total. The molecule has 3 amide bonds. The minimum Gasteiger partial charge on any atom is -0.325 e. The number of amides is 3. The van der Waals surface area contributed by atoms with E-state index >= 15 is 0 Å². The number of imide groups is 1. The summed E-state index contributed by atoms with van der Waals surface area (Å²) in [5.41, 5.74) is -0.0350. The van der Waals surface area contributed by atoms with E-state index in [-0.39, 0.29) is 12.2 Å². The number of hydrogen-bond donors (Lipinski definition) is 1. The summed E-state index contributed by atoms with van der Waals surface area (Å²) in [6.07, 6.45) is -4.67. The molecule has 214 valence electrons. The van der Waals surface area contributed by atoms with Crippen LogP contribution in [0.3, 0.4) is 0 Å². The standard InChI is InChI=1S/C29H19ClF3N3O4S2/c30-17-11-9-15(10-12-17)21-22-23(26(39)36(25(22)38)19-8-4-5-16(13-19)29(31,32)33)41-27-24(21)42-28(40)35(27)14-20(37)34-18-6-2-1-3-7-18/h1-13,21-23H,14H2,(H,34,37). The van der Waals surface area contributed by atoms with E-state index in [1.165, 1.54) is 10.6 Å². The van der Waals surface area contributed by atoms with Crippen molar-refractivity contribution in [3.63, 3.8) is 0 Å². The number of halogens is 4. The van der Waals surface area contributed by atoms with Crippen LogP contribution in [-0.4, -0.2) is 27.5 Å². The number of alkyl halides is 3. The van der Waals surface area contributed by atoms with Gasteiger partial charge >= 0.3 is 11.0 Å². The molecule has 1 N–H and O–H groups in total. The number of nitrogens with one attached hydrogen (secondary N) is 1. The number of carbonyl (C=O) groups excluding carboxylic acids is 3. The highest BCUT2D eigenvalue weighted by Gasteiger charge is 2.57. The fourth-order valence-corrected chi connectivity index (χ4v) is 8.13. The quantitative estimate of drug-likeness (QED) is 0.273. The monoisotopic (exact) mass is 629 g/mol. The van der Waals surface area contributed by atoms with Crippen LogP contribution in [0.4, 0.5) is 24.5 Å². The van der Waals surface area contributed by atoms with E-state index in [4.69, 9.17) is 11.6 Å². The third kappa shape index (κ3) is 5.03. The zero-order valence-electron chi connectivity index (χ0n) is 21.3. The molecule has 4 aromatic rings. The minimum atomic E-state index is -4.67. The largest absolute Gasteiger partial charge is 0.416 e. The first-order valence-electron chi connectivity index (χ1n) is 12.6. The molecule has 3 heterocycles. The molecule has 3 atom stereocenters. The van der Waals surface area contributed by atoms with Crippen LogP contribution in [0.1, 0.15) is 21.9 Å². The van der Waals surface area contributed by atoms with Gasteiger partial charge in [-0.3, -0.25) is 23.7 Å². The number of anilines is 2. The third-order valence-electron chi connectivity index (χ3n) is 7.07. The Bertz CT molecular complexity index is 1770. The van der Waals surface area contributed by atoms with E-state index < -0.39 is 51.4 Å². The van der Waals surface area contributed by atoms with Gasteiger partial charge in [0, 0.05) is 21.5 Å². The van der Waals surface area contributed by atoms with Gasteiger partial charge in [-0.1, -0.05) is 71.1 Å². The first-order chi connectivity index (χ1) is 20.0. The Morgan fingerprint density at radius 1 is 0.929 bits per heavy atom. The van der Waals surface area contributed by atoms with Crippen LogP contribution in [0.5, 0.6) is 0 Å². The van der Waals surface area contributed by atoms with Crippen LogP contribution < -0.4 is 15.1 Å². The summed E-state index contributed by atoms with van der Waals surface area (Å²) < 4.78 is 41.6. The lowest BCUT2D eigenvalue weighted by atomic mass is 9.83. The van der Waals surface area contributed by atoms with E-state index in [9.17, 15) is 32.3 Å². The molecule has 1 saturated heterocycles. The Labute approximate surface area is 249 Å². The zero-order chi connectivity index (χ0) is 29.8. The average molecular weight is 630 g/mol. The van der Waals surface area contributed by atoms with Crippen molar-refractivity contribution >= 4 is 63.8 Å². The molecule has 0 spiro atoms. The Hall–Kier alpha value is -3.87. The van der Waals surface area contributed by atoms with Crippen molar-refractivity contribution in [1.29, 1.82) is 0 Å². The van der Waals surface area contributed by atoms with Gasteiger partial charge in [0.1, 0.15) is 11.8 Å². The number of rotatable bonds is 5. The van der Waals surface area contributed by atoms with E-state index in [1.54, 1.807) is 54.6 Å². The highest BCUT2D eigenvalue weighted by Crippen LogP contribution is 2.54. The second kappa shape index (κ2) is 10.8. The van der Waals surface area contributed by atoms with Gasteiger partial charge in [-0.25, -0.2) is 4.90 Å². The topological polar surface area (TPSA) is 88.5 Å². The highest BCUT2D eigenvalue weighted by atomic mass is 35.5. The lowest BCUT2D eigenvalue weighted by Crippen LogP contribution is -2.33. The molecular weight excluding hydrogens is 611 g/mol. The maximum absolute atomic E-state index is 13.9. The average Bonchev–Trinajstić information content (AvgIpc) is 3.40. The van der Waals surface area contributed by atoms with Crippen molar-refractivity contribution in [3.8, 4) is 0 Å². The van der Waals surface area contributed by atoms with Crippen molar-refractivity contribution in [1.82, 2.24) is 4.57 Å². The van der Waals surface area contributed by atoms with Gasteiger partial charge in [-0.15, -0.1) is 0 Å². The Kier molecular flexibility index (Phi) is 7.24. The van der Waals surface area contributed by atoms with Crippen molar-refractivity contribution in [2.24, 2.45) is 5.92 Å². The van der Waals surface area contributed by atoms with Crippen LogP contribution in [0.2, 0.25) is 5.02 Å². The van der Waals surface area contributed by atoms with Crippen molar-refractivity contribution < 1.29 is 27.6 Å². The summed E-state index contributed by atoms with van der Waals surface area (Å²) in [4.78, 5) is 54.6. The van der Waals surface area contributed by atoms with Crippen LogP contribution >= 0.6 is 34.7 Å². The fourth-order valence-electron chi connectivity index (χ4n) is 5.23. The molecule has 1 fully saturated rings. The van der Waals surface area contributed by atoms with E-state index in [2.05, 4.69) is 5.32 Å². The molecule has 1 aromatic heterocycles. The minimum absolute atomic E-state index is 0.187. The molecule has 3 aromatic carbocycles. The number of aromatic nitrogens is 1. The second-order valence-electron chi connectivity index (χ2n) is 9.69. The smallest absolute Gasteiger partial charge is 0.325 e. The summed E-state index contributed by atoms with van der Waals surface area (Å²) in [7, 11) is 0. The third-order valence-corrected chi connectivity index (χ3v) is 9.93. The summed E-state index contributed by atoms with van der Waals surface area (Å²) in [5, 5.41) is 2.48. The molecule has 0 saturated carbocycles. The molecule has 13 heteroatoms. The number of fused-ring (bicyclic) bond motifs is 2. The lowest BCUT2D eigenvalue weighted by Gasteiger charge is -2.30. The van der Waals surface area contributed by atoms with Gasteiger partial charge in [0.2, 0.25) is 17.7 Å². The molecule has 2 aliphatic rings. The van der Waals surface area contributed by atoms with Crippen molar-refractivity contribution in [2.75, 3.05) is 10.2 Å². The normalized spacial score (nSPS) is 19.9. The number of para-hydroxylation sites is 1. The van der Waals surface area contributed by atoms with Gasteiger partial charge in [-0.2, -0.15) is 13.2 Å². The second-order valence-corrected chi connectivity index (χ2v) is 12.3. The van der Waals surface area contributed by atoms with Gasteiger partial charge in [-0.05, 0) is 48.0 Å². The van der Waals surface area contributed by atoms with Crippen molar-refractivity contribution in [3.05, 3.63) is 110 Å². The van der Waals surface area contributed by atoms with Gasteiger partial charge < -0.3 is 5.32 Å². The molecule has 2 aliphatic heterocycles. The van der Waals surface area contributed by atoms with E-state index in [0.717, 1.165) is 46.2 Å². The van der Waals surface area contributed by atoms with Crippen LogP contribution in [-0.2, 0) is 27.1 Å². The molecule has 0 bridgehead atoms. The first kappa shape index (κ1) is 28.3. The Morgan fingerprint density at radius 3 is 2.33 bits per heavy atom. The van der Waals surface area contributed by atoms with E-state index in [0.29, 0.717) is 26.2 Å². The summed E-state index contributed by atoms with van der Waals surface area (Å²) in [6.45, 7) is -0.337. The number of hydrogen-bond acceptors (Lipinski definition) is 6. The SMILES string of the molecule is O=C(Cn1c2c(sc1=O)C(c1ccc(Cl)cc1)C1C(=O)N(c3cccc(C(F)(F)F)c3)C(=O)C1S2)Nc1ccccc1. The summed E-state index contributed by atoms with van der Waals surface area (Å²) in [5.74, 6) is -3.61. The number of thiazole rings is 1. The predicted octanol–water partition coefficient (Wildman–Crippen LogP) is 6.02. The lowest BCUT2D eigenvalue weighted by molar-refractivity contribution is -0.137.